The standard InChI is InChI=1S/C17H25N3O2S/c1-2-20-23(21,22)10-7-13-3-4-17-15(11-13)16(12-19-17)14-5-8-18-9-6-14/h3-4,11-12,14,18-20H,2,5-10H2,1H3. The summed E-state index contributed by atoms with van der Waals surface area (Å²) in [6.45, 7) is 4.38. The second kappa shape index (κ2) is 7.03. The molecule has 0 radical (unpaired) electrons. The van der Waals surface area contributed by atoms with Gasteiger partial charge in [0, 0.05) is 23.6 Å². The van der Waals surface area contributed by atoms with Crippen molar-refractivity contribution >= 4 is 20.9 Å². The zero-order valence-electron chi connectivity index (χ0n) is 13.6. The lowest BCUT2D eigenvalue weighted by Crippen LogP contribution is -2.27. The number of rotatable bonds is 6. The van der Waals surface area contributed by atoms with Gasteiger partial charge in [0.15, 0.2) is 0 Å². The van der Waals surface area contributed by atoms with E-state index in [0.29, 0.717) is 18.9 Å². The Hall–Kier alpha value is -1.37. The van der Waals surface area contributed by atoms with Crippen LogP contribution in [0.2, 0.25) is 0 Å². The van der Waals surface area contributed by atoms with Gasteiger partial charge < -0.3 is 10.3 Å². The number of H-pyrrole nitrogens is 1. The van der Waals surface area contributed by atoms with Gasteiger partial charge in [0.25, 0.3) is 0 Å². The number of piperidine rings is 1. The Labute approximate surface area is 137 Å². The van der Waals surface area contributed by atoms with E-state index in [-0.39, 0.29) is 5.75 Å². The molecule has 0 atom stereocenters. The summed E-state index contributed by atoms with van der Waals surface area (Å²) < 4.78 is 26.2. The van der Waals surface area contributed by atoms with Gasteiger partial charge >= 0.3 is 0 Å². The number of aryl methyl sites for hydroxylation is 1. The van der Waals surface area contributed by atoms with Crippen LogP contribution in [-0.4, -0.2) is 38.8 Å². The van der Waals surface area contributed by atoms with Crippen molar-refractivity contribution in [2.75, 3.05) is 25.4 Å². The number of sulfonamides is 1. The normalized spacial score (nSPS) is 16.9. The second-order valence-corrected chi connectivity index (χ2v) is 8.14. The lowest BCUT2D eigenvalue weighted by molar-refractivity contribution is 0.462. The van der Waals surface area contributed by atoms with Crippen molar-refractivity contribution in [2.45, 2.75) is 32.1 Å². The molecule has 1 aliphatic heterocycles. The molecular formula is C17H25N3O2S. The molecule has 3 N–H and O–H groups in total. The SMILES string of the molecule is CCNS(=O)(=O)CCc1ccc2[nH]cc(C3CCNCC3)c2c1. The van der Waals surface area contributed by atoms with E-state index < -0.39 is 10.0 Å². The van der Waals surface area contributed by atoms with Crippen molar-refractivity contribution in [1.29, 1.82) is 0 Å². The van der Waals surface area contributed by atoms with Gasteiger partial charge in [0.1, 0.15) is 0 Å². The molecule has 1 aromatic carbocycles. The van der Waals surface area contributed by atoms with Gasteiger partial charge in [-0.2, -0.15) is 0 Å². The molecule has 5 nitrogen and oxygen atoms in total. The van der Waals surface area contributed by atoms with Gasteiger partial charge in [-0.3, -0.25) is 0 Å². The Morgan fingerprint density at radius 1 is 1.26 bits per heavy atom. The summed E-state index contributed by atoms with van der Waals surface area (Å²) in [6.07, 6.45) is 4.99. The fourth-order valence-corrected chi connectivity index (χ4v) is 4.45. The predicted octanol–water partition coefficient (Wildman–Crippen LogP) is 2.12. The molecule has 2 heterocycles. The molecule has 6 heteroatoms. The molecule has 1 aromatic heterocycles. The number of aromatic nitrogens is 1. The Morgan fingerprint density at radius 3 is 2.78 bits per heavy atom. The molecule has 0 aliphatic carbocycles. The van der Waals surface area contributed by atoms with Crippen LogP contribution in [0.25, 0.3) is 10.9 Å². The summed E-state index contributed by atoms with van der Waals surface area (Å²) in [7, 11) is -3.17. The molecule has 1 saturated heterocycles. The fourth-order valence-electron chi connectivity index (χ4n) is 3.36. The first kappa shape index (κ1) is 16.5. The Kier molecular flexibility index (Phi) is 5.04. The van der Waals surface area contributed by atoms with Crippen molar-refractivity contribution in [1.82, 2.24) is 15.0 Å². The van der Waals surface area contributed by atoms with Crippen molar-refractivity contribution in [3.8, 4) is 0 Å². The quantitative estimate of drug-likeness (QED) is 0.757. The van der Waals surface area contributed by atoms with E-state index in [2.05, 4.69) is 33.4 Å². The average molecular weight is 335 g/mol. The summed E-state index contributed by atoms with van der Waals surface area (Å²) >= 11 is 0. The van der Waals surface area contributed by atoms with Crippen LogP contribution in [0.4, 0.5) is 0 Å². The first-order valence-electron chi connectivity index (χ1n) is 8.37. The molecule has 1 aliphatic rings. The van der Waals surface area contributed by atoms with Gasteiger partial charge in [-0.05, 0) is 61.5 Å². The largest absolute Gasteiger partial charge is 0.361 e. The summed E-state index contributed by atoms with van der Waals surface area (Å²) in [6, 6.07) is 6.24. The van der Waals surface area contributed by atoms with Gasteiger partial charge in [-0.1, -0.05) is 13.0 Å². The summed E-state index contributed by atoms with van der Waals surface area (Å²) in [5.74, 6) is 0.727. The van der Waals surface area contributed by atoms with Gasteiger partial charge in [0.2, 0.25) is 10.0 Å². The molecule has 1 fully saturated rings. The molecule has 0 bridgehead atoms. The van der Waals surface area contributed by atoms with Crippen LogP contribution in [0.1, 0.15) is 36.8 Å². The molecule has 0 spiro atoms. The molecule has 0 saturated carbocycles. The third-order valence-electron chi connectivity index (χ3n) is 4.58. The van der Waals surface area contributed by atoms with Crippen LogP contribution in [0.5, 0.6) is 0 Å². The van der Waals surface area contributed by atoms with Gasteiger partial charge in [0.05, 0.1) is 5.75 Å². The van der Waals surface area contributed by atoms with E-state index in [9.17, 15) is 8.42 Å². The third-order valence-corrected chi connectivity index (χ3v) is 6.05. The number of benzene rings is 1. The average Bonchev–Trinajstić information content (AvgIpc) is 2.97. The van der Waals surface area contributed by atoms with Crippen molar-refractivity contribution in [3.05, 3.63) is 35.5 Å². The molecule has 23 heavy (non-hydrogen) atoms. The third kappa shape index (κ3) is 3.94. The maximum absolute atomic E-state index is 11.8. The highest BCUT2D eigenvalue weighted by molar-refractivity contribution is 7.89. The highest BCUT2D eigenvalue weighted by Crippen LogP contribution is 2.32. The van der Waals surface area contributed by atoms with Gasteiger partial charge in [-0.25, -0.2) is 13.1 Å². The summed E-state index contributed by atoms with van der Waals surface area (Å²) in [5.41, 5.74) is 3.59. The molecule has 0 amide bonds. The highest BCUT2D eigenvalue weighted by atomic mass is 32.2. The van der Waals surface area contributed by atoms with Gasteiger partial charge in [-0.15, -0.1) is 0 Å². The van der Waals surface area contributed by atoms with E-state index in [0.717, 1.165) is 37.0 Å². The first-order chi connectivity index (χ1) is 11.1. The number of hydrogen-bond donors (Lipinski definition) is 3. The minimum absolute atomic E-state index is 0.138. The van der Waals surface area contributed by atoms with Crippen LogP contribution in [0, 0.1) is 0 Å². The molecular weight excluding hydrogens is 310 g/mol. The van der Waals surface area contributed by atoms with E-state index >= 15 is 0 Å². The second-order valence-electron chi connectivity index (χ2n) is 6.21. The monoisotopic (exact) mass is 335 g/mol. The Balaban J connectivity index is 1.80. The highest BCUT2D eigenvalue weighted by Gasteiger charge is 2.19. The van der Waals surface area contributed by atoms with E-state index in [1.165, 1.54) is 10.9 Å². The minimum Gasteiger partial charge on any atom is -0.361 e. The van der Waals surface area contributed by atoms with E-state index in [1.54, 1.807) is 6.92 Å². The minimum atomic E-state index is -3.17. The topological polar surface area (TPSA) is 74.0 Å². The van der Waals surface area contributed by atoms with Crippen LogP contribution in [-0.2, 0) is 16.4 Å². The zero-order valence-corrected chi connectivity index (χ0v) is 14.4. The van der Waals surface area contributed by atoms with Crippen molar-refractivity contribution < 1.29 is 8.42 Å². The number of hydrogen-bond acceptors (Lipinski definition) is 3. The molecule has 2 aromatic rings. The van der Waals surface area contributed by atoms with Crippen molar-refractivity contribution in [2.24, 2.45) is 0 Å². The smallest absolute Gasteiger partial charge is 0.211 e. The van der Waals surface area contributed by atoms with Crippen LogP contribution >= 0.6 is 0 Å². The maximum atomic E-state index is 11.8. The number of fused-ring (bicyclic) bond motifs is 1. The predicted molar refractivity (Wildman–Crippen MR) is 94.3 cm³/mol. The lowest BCUT2D eigenvalue weighted by Gasteiger charge is -2.22. The lowest BCUT2D eigenvalue weighted by atomic mass is 9.89. The fraction of sp³-hybridized carbons (Fsp3) is 0.529. The zero-order chi connectivity index (χ0) is 16.3. The van der Waals surface area contributed by atoms with Crippen LogP contribution in [0.15, 0.2) is 24.4 Å². The summed E-state index contributed by atoms with van der Waals surface area (Å²) in [5, 5.41) is 4.65. The molecule has 0 unspecified atom stereocenters. The number of nitrogens with one attached hydrogen (secondary N) is 3. The maximum Gasteiger partial charge on any atom is 0.211 e. The Bertz CT molecular complexity index is 761. The number of aromatic amines is 1. The van der Waals surface area contributed by atoms with Crippen LogP contribution in [0.3, 0.4) is 0 Å². The first-order valence-corrected chi connectivity index (χ1v) is 10.0. The van der Waals surface area contributed by atoms with Crippen molar-refractivity contribution in [3.63, 3.8) is 0 Å². The van der Waals surface area contributed by atoms with E-state index in [1.807, 2.05) is 6.07 Å². The van der Waals surface area contributed by atoms with Crippen LogP contribution < -0.4 is 10.0 Å². The molecule has 3 rings (SSSR count). The Morgan fingerprint density at radius 2 is 2.04 bits per heavy atom. The molecule has 126 valence electrons. The summed E-state index contributed by atoms with van der Waals surface area (Å²) in [4.78, 5) is 3.35. The van der Waals surface area contributed by atoms with E-state index in [4.69, 9.17) is 0 Å².